The van der Waals surface area contributed by atoms with Crippen LogP contribution in [0.5, 0.6) is 0 Å². The first kappa shape index (κ1) is 8.98. The Balaban J connectivity index is 2.26. The van der Waals surface area contributed by atoms with Gasteiger partial charge in [-0.25, -0.2) is 4.98 Å². The van der Waals surface area contributed by atoms with Gasteiger partial charge in [-0.05, 0) is 6.07 Å². The highest BCUT2D eigenvalue weighted by atomic mass is 16.3. The van der Waals surface area contributed by atoms with Gasteiger partial charge >= 0.3 is 0 Å². The largest absolute Gasteiger partial charge is 0.394 e. The quantitative estimate of drug-likeness (QED) is 0.567. The molecular weight excluding hydrogens is 180 g/mol. The molecular formula is C9H12N4O. The van der Waals surface area contributed by atoms with Crippen LogP contribution in [0, 0.1) is 0 Å². The summed E-state index contributed by atoms with van der Waals surface area (Å²) in [7, 11) is 0. The van der Waals surface area contributed by atoms with E-state index in [4.69, 9.17) is 10.8 Å². The number of aliphatic hydroxyl groups excluding tert-OH is 1. The van der Waals surface area contributed by atoms with Gasteiger partial charge in [-0.3, -0.25) is 0 Å². The van der Waals surface area contributed by atoms with Gasteiger partial charge in [0, 0.05) is 18.0 Å². The average Bonchev–Trinajstić information content (AvgIpc) is 2.86. The number of H-pyrrole nitrogens is 2. The van der Waals surface area contributed by atoms with Gasteiger partial charge in [0.05, 0.1) is 24.5 Å². The molecule has 0 aliphatic carbocycles. The fourth-order valence-corrected chi connectivity index (χ4v) is 1.25. The molecule has 2 aromatic rings. The topological polar surface area (TPSA) is 90.7 Å². The van der Waals surface area contributed by atoms with E-state index in [9.17, 15) is 0 Å². The Hall–Kier alpha value is -1.59. The lowest BCUT2D eigenvalue weighted by molar-refractivity contribution is 0.264. The molecule has 2 rings (SSSR count). The molecule has 5 heteroatoms. The first-order valence-corrected chi connectivity index (χ1v) is 4.35. The summed E-state index contributed by atoms with van der Waals surface area (Å²) < 4.78 is 0. The first-order valence-electron chi connectivity index (χ1n) is 4.35. The van der Waals surface area contributed by atoms with Crippen molar-refractivity contribution >= 4 is 0 Å². The van der Waals surface area contributed by atoms with Gasteiger partial charge in [0.25, 0.3) is 0 Å². The Morgan fingerprint density at radius 2 is 2.43 bits per heavy atom. The zero-order valence-corrected chi connectivity index (χ0v) is 7.57. The van der Waals surface area contributed by atoms with Gasteiger partial charge in [0.2, 0.25) is 0 Å². The zero-order chi connectivity index (χ0) is 9.97. The van der Waals surface area contributed by atoms with Crippen LogP contribution in [0.2, 0.25) is 0 Å². The zero-order valence-electron chi connectivity index (χ0n) is 7.57. The number of nitrogens with one attached hydrogen (secondary N) is 2. The number of imidazole rings is 1. The highest BCUT2D eigenvalue weighted by Crippen LogP contribution is 2.17. The fourth-order valence-electron chi connectivity index (χ4n) is 1.25. The van der Waals surface area contributed by atoms with Crippen molar-refractivity contribution in [1.82, 2.24) is 15.0 Å². The molecule has 0 aromatic carbocycles. The normalized spacial score (nSPS) is 13.0. The van der Waals surface area contributed by atoms with Gasteiger partial charge in [-0.15, -0.1) is 0 Å². The number of nitrogens with zero attached hydrogens (tertiary/aromatic N) is 1. The van der Waals surface area contributed by atoms with E-state index in [1.54, 1.807) is 6.20 Å². The maximum Gasteiger partial charge on any atom is 0.125 e. The summed E-state index contributed by atoms with van der Waals surface area (Å²) in [5.74, 6) is 0.601. The Morgan fingerprint density at radius 3 is 3.07 bits per heavy atom. The molecule has 74 valence electrons. The lowest BCUT2D eigenvalue weighted by Crippen LogP contribution is -2.15. The number of aromatic amines is 2. The SMILES string of the molecule is NC(CO)c1ncc(-c2cc[nH]c2)[nH]1. The number of hydrogen-bond acceptors (Lipinski definition) is 3. The first-order chi connectivity index (χ1) is 6.81. The predicted octanol–water partition coefficient (Wildman–Crippen LogP) is 0.397. The third-order valence-electron chi connectivity index (χ3n) is 2.05. The maximum atomic E-state index is 8.84. The molecule has 1 atom stereocenters. The highest BCUT2D eigenvalue weighted by Gasteiger charge is 2.09. The van der Waals surface area contributed by atoms with Gasteiger partial charge in [0.15, 0.2) is 0 Å². The van der Waals surface area contributed by atoms with Crippen LogP contribution in [0.25, 0.3) is 11.3 Å². The van der Waals surface area contributed by atoms with Crippen molar-refractivity contribution in [3.63, 3.8) is 0 Å². The van der Waals surface area contributed by atoms with Crippen molar-refractivity contribution in [2.75, 3.05) is 6.61 Å². The van der Waals surface area contributed by atoms with Crippen molar-refractivity contribution in [2.45, 2.75) is 6.04 Å². The molecule has 5 N–H and O–H groups in total. The van der Waals surface area contributed by atoms with Gasteiger partial charge in [-0.1, -0.05) is 0 Å². The molecule has 5 nitrogen and oxygen atoms in total. The van der Waals surface area contributed by atoms with Crippen LogP contribution >= 0.6 is 0 Å². The van der Waals surface area contributed by atoms with E-state index in [2.05, 4.69) is 15.0 Å². The Kier molecular flexibility index (Phi) is 2.34. The number of hydrogen-bond donors (Lipinski definition) is 4. The average molecular weight is 192 g/mol. The van der Waals surface area contributed by atoms with Crippen LogP contribution in [0.3, 0.4) is 0 Å². The number of aromatic nitrogens is 3. The van der Waals surface area contributed by atoms with Crippen LogP contribution in [-0.4, -0.2) is 26.7 Å². The minimum absolute atomic E-state index is 0.111. The summed E-state index contributed by atoms with van der Waals surface area (Å²) in [6, 6.07) is 1.49. The van der Waals surface area contributed by atoms with Crippen LogP contribution in [0.1, 0.15) is 11.9 Å². The molecule has 0 fully saturated rings. The fraction of sp³-hybridized carbons (Fsp3) is 0.222. The van der Waals surface area contributed by atoms with Crippen molar-refractivity contribution in [2.24, 2.45) is 5.73 Å². The summed E-state index contributed by atoms with van der Waals surface area (Å²) >= 11 is 0. The van der Waals surface area contributed by atoms with Crippen molar-refractivity contribution < 1.29 is 5.11 Å². The second-order valence-corrected chi connectivity index (χ2v) is 3.07. The monoisotopic (exact) mass is 192 g/mol. The number of rotatable bonds is 3. The maximum absolute atomic E-state index is 8.84. The number of nitrogens with two attached hydrogens (primary N) is 1. The molecule has 0 aliphatic heterocycles. The third kappa shape index (κ3) is 1.55. The molecule has 0 spiro atoms. The van der Waals surface area contributed by atoms with E-state index < -0.39 is 6.04 Å². The Labute approximate surface area is 81.0 Å². The highest BCUT2D eigenvalue weighted by molar-refractivity contribution is 5.57. The lowest BCUT2D eigenvalue weighted by atomic mass is 10.3. The summed E-state index contributed by atoms with van der Waals surface area (Å²) in [6.07, 6.45) is 5.40. The molecule has 0 saturated heterocycles. The minimum Gasteiger partial charge on any atom is -0.394 e. The smallest absolute Gasteiger partial charge is 0.125 e. The molecule has 0 radical (unpaired) electrons. The standard InChI is InChI=1S/C9H12N4O/c10-7(5-14)9-12-4-8(13-9)6-1-2-11-3-6/h1-4,7,11,14H,5,10H2,(H,12,13). The van der Waals surface area contributed by atoms with Crippen molar-refractivity contribution in [1.29, 1.82) is 0 Å². The van der Waals surface area contributed by atoms with E-state index in [0.29, 0.717) is 5.82 Å². The molecule has 1 unspecified atom stereocenters. The van der Waals surface area contributed by atoms with Gasteiger partial charge < -0.3 is 20.8 Å². The van der Waals surface area contributed by atoms with Crippen molar-refractivity contribution in [3.05, 3.63) is 30.5 Å². The molecule has 2 aromatic heterocycles. The number of aliphatic hydroxyl groups is 1. The second kappa shape index (κ2) is 3.65. The van der Waals surface area contributed by atoms with E-state index in [1.807, 2.05) is 18.5 Å². The minimum atomic E-state index is -0.442. The molecule has 0 bridgehead atoms. The molecule has 0 aliphatic rings. The lowest BCUT2D eigenvalue weighted by Gasteiger charge is -2.02. The van der Waals surface area contributed by atoms with E-state index in [0.717, 1.165) is 11.3 Å². The van der Waals surface area contributed by atoms with Gasteiger partial charge in [0.1, 0.15) is 5.82 Å². The van der Waals surface area contributed by atoms with Crippen LogP contribution in [0.15, 0.2) is 24.7 Å². The van der Waals surface area contributed by atoms with Gasteiger partial charge in [-0.2, -0.15) is 0 Å². The summed E-state index contributed by atoms with van der Waals surface area (Å²) in [5.41, 5.74) is 7.53. The van der Waals surface area contributed by atoms with E-state index in [1.165, 1.54) is 0 Å². The third-order valence-corrected chi connectivity index (χ3v) is 2.05. The van der Waals surface area contributed by atoms with Crippen LogP contribution in [0.4, 0.5) is 0 Å². The van der Waals surface area contributed by atoms with E-state index in [-0.39, 0.29) is 6.61 Å². The van der Waals surface area contributed by atoms with E-state index >= 15 is 0 Å². The summed E-state index contributed by atoms with van der Waals surface area (Å²) in [5, 5.41) is 8.84. The molecule has 2 heterocycles. The van der Waals surface area contributed by atoms with Crippen LogP contribution in [-0.2, 0) is 0 Å². The Bertz CT molecular complexity index is 393. The predicted molar refractivity (Wildman–Crippen MR) is 52.4 cm³/mol. The molecule has 0 amide bonds. The molecule has 0 saturated carbocycles. The van der Waals surface area contributed by atoms with Crippen molar-refractivity contribution in [3.8, 4) is 11.3 Å². The molecule has 14 heavy (non-hydrogen) atoms. The van der Waals surface area contributed by atoms with Crippen LogP contribution < -0.4 is 5.73 Å². The summed E-state index contributed by atoms with van der Waals surface area (Å²) in [4.78, 5) is 10.1. The second-order valence-electron chi connectivity index (χ2n) is 3.07. The summed E-state index contributed by atoms with van der Waals surface area (Å²) in [6.45, 7) is -0.111. The Morgan fingerprint density at radius 1 is 1.57 bits per heavy atom.